The topological polar surface area (TPSA) is 90.6 Å². The number of carbonyl (C=O) groups excluding carboxylic acids is 1. The molecule has 134 valence electrons. The third kappa shape index (κ3) is 2.51. The lowest BCUT2D eigenvalue weighted by atomic mass is 9.88. The highest BCUT2D eigenvalue weighted by atomic mass is 35.5. The lowest BCUT2D eigenvalue weighted by Gasteiger charge is -2.43. The van der Waals surface area contributed by atoms with Crippen LogP contribution in [-0.4, -0.2) is 47.1 Å². The van der Waals surface area contributed by atoms with E-state index in [1.807, 2.05) is 6.07 Å². The average molecular weight is 373 g/mol. The van der Waals surface area contributed by atoms with Gasteiger partial charge in [-0.05, 0) is 24.3 Å². The number of benzene rings is 1. The molecule has 2 aliphatic heterocycles. The van der Waals surface area contributed by atoms with Crippen molar-refractivity contribution < 1.29 is 14.3 Å². The first-order valence-electron chi connectivity index (χ1n) is 8.13. The Balaban J connectivity index is 1.89. The minimum Gasteiger partial charge on any atom is -0.490 e. The third-order valence-corrected chi connectivity index (χ3v) is 4.94. The van der Waals surface area contributed by atoms with Crippen LogP contribution in [0.3, 0.4) is 0 Å². The van der Waals surface area contributed by atoms with Crippen LogP contribution in [0.4, 0.5) is 5.95 Å². The monoisotopic (exact) mass is 372 g/mol. The van der Waals surface area contributed by atoms with Gasteiger partial charge in [-0.15, -0.1) is 0 Å². The first kappa shape index (κ1) is 16.8. The maximum Gasteiger partial charge on any atom is 0.246 e. The third-order valence-electron chi connectivity index (χ3n) is 4.72. The van der Waals surface area contributed by atoms with E-state index in [0.717, 1.165) is 5.56 Å². The summed E-state index contributed by atoms with van der Waals surface area (Å²) in [7, 11) is 0. The molecule has 1 aromatic carbocycles. The highest BCUT2D eigenvalue weighted by Gasteiger charge is 2.50. The summed E-state index contributed by atoms with van der Waals surface area (Å²) in [6.45, 7) is 5.13. The Labute approximate surface area is 155 Å². The van der Waals surface area contributed by atoms with Crippen molar-refractivity contribution in [2.24, 2.45) is 0 Å². The van der Waals surface area contributed by atoms with Gasteiger partial charge in [0, 0.05) is 28.9 Å². The number of rotatable bonds is 2. The molecule has 1 amide bonds. The molecule has 26 heavy (non-hydrogen) atoms. The molecular weight excluding hydrogens is 356 g/mol. The van der Waals surface area contributed by atoms with Crippen molar-refractivity contribution in [2.75, 3.05) is 32.1 Å². The van der Waals surface area contributed by atoms with Gasteiger partial charge < -0.3 is 20.1 Å². The van der Waals surface area contributed by atoms with Crippen molar-refractivity contribution in [2.45, 2.75) is 5.54 Å². The van der Waals surface area contributed by atoms with Gasteiger partial charge >= 0.3 is 0 Å². The molecule has 1 aromatic heterocycles. The second kappa shape index (κ2) is 6.26. The number of nitrogens with two attached hydrogens (primary N) is 1. The Bertz CT molecular complexity index is 904. The molecular formula is C18H17ClN4O3. The number of carbonyl (C=O) groups is 1. The second-order valence-electron chi connectivity index (χ2n) is 6.20. The van der Waals surface area contributed by atoms with Crippen molar-refractivity contribution in [3.63, 3.8) is 0 Å². The highest BCUT2D eigenvalue weighted by Crippen LogP contribution is 2.48. The summed E-state index contributed by atoms with van der Waals surface area (Å²) in [6, 6.07) is 5.32. The molecule has 0 saturated carbocycles. The minimum absolute atomic E-state index is 0.161. The van der Waals surface area contributed by atoms with Crippen LogP contribution in [0, 0.1) is 0 Å². The number of halogens is 1. The molecule has 4 rings (SSSR count). The van der Waals surface area contributed by atoms with E-state index in [2.05, 4.69) is 16.5 Å². The molecule has 2 N–H and O–H groups in total. The van der Waals surface area contributed by atoms with Gasteiger partial charge in [-0.3, -0.25) is 4.79 Å². The maximum atomic E-state index is 12.4. The number of ether oxygens (including phenoxy) is 2. The quantitative estimate of drug-likeness (QED) is 0.811. The normalized spacial score (nSPS) is 21.3. The van der Waals surface area contributed by atoms with Gasteiger partial charge in [0.15, 0.2) is 0 Å². The molecule has 0 radical (unpaired) electrons. The summed E-state index contributed by atoms with van der Waals surface area (Å²) < 4.78 is 11.7. The molecule has 1 spiro atoms. The van der Waals surface area contributed by atoms with Gasteiger partial charge in [0.25, 0.3) is 0 Å². The molecule has 1 atom stereocenters. The van der Waals surface area contributed by atoms with E-state index in [4.69, 9.17) is 26.8 Å². The number of amides is 1. The SMILES string of the molecule is C=CC(=O)N1CCOCC12COc1c(-c3ccnc(N)n3)cc(Cl)cc12. The van der Waals surface area contributed by atoms with Crippen molar-refractivity contribution >= 4 is 23.5 Å². The molecule has 0 bridgehead atoms. The number of morpholine rings is 1. The number of hydrogen-bond acceptors (Lipinski definition) is 6. The predicted molar refractivity (Wildman–Crippen MR) is 96.8 cm³/mol. The van der Waals surface area contributed by atoms with Crippen LogP contribution in [0.25, 0.3) is 11.3 Å². The molecule has 7 nitrogen and oxygen atoms in total. The fourth-order valence-electron chi connectivity index (χ4n) is 3.54. The fourth-order valence-corrected chi connectivity index (χ4v) is 3.76. The molecule has 1 unspecified atom stereocenters. The molecule has 0 aliphatic carbocycles. The van der Waals surface area contributed by atoms with E-state index in [9.17, 15) is 4.79 Å². The first-order valence-corrected chi connectivity index (χ1v) is 8.50. The number of anilines is 1. The van der Waals surface area contributed by atoms with E-state index >= 15 is 0 Å². The Kier molecular flexibility index (Phi) is 4.05. The minimum atomic E-state index is -0.739. The number of fused-ring (bicyclic) bond motifs is 2. The molecule has 1 saturated heterocycles. The van der Waals surface area contributed by atoms with Crippen LogP contribution in [0.2, 0.25) is 5.02 Å². The summed E-state index contributed by atoms with van der Waals surface area (Å²) in [5.74, 6) is 0.616. The summed E-state index contributed by atoms with van der Waals surface area (Å²) >= 11 is 6.39. The second-order valence-corrected chi connectivity index (χ2v) is 6.63. The Hall–Kier alpha value is -2.64. The zero-order valence-corrected chi connectivity index (χ0v) is 14.7. The van der Waals surface area contributed by atoms with Gasteiger partial charge in [-0.25, -0.2) is 9.97 Å². The molecule has 3 heterocycles. The average Bonchev–Trinajstić information content (AvgIpc) is 2.99. The van der Waals surface area contributed by atoms with E-state index in [1.165, 1.54) is 6.08 Å². The van der Waals surface area contributed by atoms with Gasteiger partial charge in [-0.1, -0.05) is 18.2 Å². The van der Waals surface area contributed by atoms with Gasteiger partial charge in [-0.2, -0.15) is 0 Å². The Morgan fingerprint density at radius 3 is 3.04 bits per heavy atom. The summed E-state index contributed by atoms with van der Waals surface area (Å²) in [5, 5.41) is 0.511. The van der Waals surface area contributed by atoms with Crippen molar-refractivity contribution in [3.05, 3.63) is 47.6 Å². The number of nitrogens with zero attached hydrogens (tertiary/aromatic N) is 3. The molecule has 2 aromatic rings. The fraction of sp³-hybridized carbons (Fsp3) is 0.278. The summed E-state index contributed by atoms with van der Waals surface area (Å²) in [5.41, 5.74) is 7.08. The van der Waals surface area contributed by atoms with E-state index in [0.29, 0.717) is 41.8 Å². The standard InChI is InChI=1S/C18H17ClN4O3/c1-2-15(24)23-5-6-25-9-18(23)10-26-16-12(7-11(19)8-13(16)18)14-3-4-21-17(20)22-14/h2-4,7-8H,1,5-6,9-10H2,(H2,20,21,22). The number of nitrogen functional groups attached to an aromatic ring is 1. The zero-order chi connectivity index (χ0) is 18.3. The van der Waals surface area contributed by atoms with Crippen molar-refractivity contribution in [1.29, 1.82) is 0 Å². The van der Waals surface area contributed by atoms with Crippen LogP contribution >= 0.6 is 11.6 Å². The highest BCUT2D eigenvalue weighted by molar-refractivity contribution is 6.31. The van der Waals surface area contributed by atoms with Crippen LogP contribution in [0.1, 0.15) is 5.56 Å². The Morgan fingerprint density at radius 2 is 2.27 bits per heavy atom. The Morgan fingerprint density at radius 1 is 1.42 bits per heavy atom. The number of aromatic nitrogens is 2. The van der Waals surface area contributed by atoms with E-state index < -0.39 is 5.54 Å². The lowest BCUT2D eigenvalue weighted by molar-refractivity contribution is -0.146. The van der Waals surface area contributed by atoms with Gasteiger partial charge in [0.1, 0.15) is 17.9 Å². The molecule has 2 aliphatic rings. The van der Waals surface area contributed by atoms with E-state index in [-0.39, 0.29) is 18.5 Å². The van der Waals surface area contributed by atoms with Crippen LogP contribution < -0.4 is 10.5 Å². The van der Waals surface area contributed by atoms with Crippen LogP contribution in [0.5, 0.6) is 5.75 Å². The zero-order valence-electron chi connectivity index (χ0n) is 13.9. The molecule has 1 fully saturated rings. The first-order chi connectivity index (χ1) is 12.5. The van der Waals surface area contributed by atoms with Crippen molar-refractivity contribution in [3.8, 4) is 17.0 Å². The maximum absolute atomic E-state index is 12.4. The van der Waals surface area contributed by atoms with Crippen LogP contribution in [0.15, 0.2) is 37.1 Å². The summed E-state index contributed by atoms with van der Waals surface area (Å²) in [6.07, 6.45) is 2.88. The van der Waals surface area contributed by atoms with Gasteiger partial charge in [0.05, 0.1) is 18.9 Å². The summed E-state index contributed by atoms with van der Waals surface area (Å²) in [4.78, 5) is 22.4. The van der Waals surface area contributed by atoms with Crippen molar-refractivity contribution in [1.82, 2.24) is 14.9 Å². The van der Waals surface area contributed by atoms with Gasteiger partial charge in [0.2, 0.25) is 11.9 Å². The van der Waals surface area contributed by atoms with E-state index in [1.54, 1.807) is 23.2 Å². The predicted octanol–water partition coefficient (Wildman–Crippen LogP) is 2.01. The largest absolute Gasteiger partial charge is 0.490 e. The number of hydrogen-bond donors (Lipinski definition) is 1. The van der Waals surface area contributed by atoms with Crippen LogP contribution in [-0.2, 0) is 15.1 Å². The lowest BCUT2D eigenvalue weighted by Crippen LogP contribution is -2.57. The molecule has 8 heteroatoms. The smallest absolute Gasteiger partial charge is 0.246 e.